The molecule has 1 radical (unpaired) electrons. The number of hydrogen-bond acceptors (Lipinski definition) is 1. The molecule has 0 fully saturated rings. The molecule has 0 aliphatic carbocycles. The van der Waals surface area contributed by atoms with Crippen molar-refractivity contribution in [2.24, 2.45) is 0 Å². The minimum Gasteiger partial charge on any atom is -0.439 e. The van der Waals surface area contributed by atoms with Crippen molar-refractivity contribution in [2.45, 2.75) is 6.04 Å². The topological polar surface area (TPSA) is 29.1 Å². The number of alkyl halides is 1. The Morgan fingerprint density at radius 1 is 1.50 bits per heavy atom. The second kappa shape index (κ2) is 1.59. The van der Waals surface area contributed by atoms with Crippen molar-refractivity contribution in [3.05, 3.63) is 24.5 Å². The van der Waals surface area contributed by atoms with Gasteiger partial charge in [-0.3, -0.25) is 0 Å². The summed E-state index contributed by atoms with van der Waals surface area (Å²) in [4.78, 5) is 0. The summed E-state index contributed by atoms with van der Waals surface area (Å²) in [5.74, 6) is 0. The summed E-state index contributed by atoms with van der Waals surface area (Å²) in [6, 6.07) is -2.84. The van der Waals surface area contributed by atoms with E-state index < -0.39 is 6.04 Å². The zero-order valence-electron chi connectivity index (χ0n) is 4.00. The fraction of sp³-hybridized carbons (Fsp3) is 0.200. The van der Waals surface area contributed by atoms with E-state index in [1.165, 1.54) is 12.2 Å². The van der Waals surface area contributed by atoms with Gasteiger partial charge in [0.2, 0.25) is 0 Å². The standard InChI is InChI=1S/C5H4FO2/c6-5(7)3-1-2-4-8-5/h1-4H. The molecule has 1 heterocycles. The van der Waals surface area contributed by atoms with Crippen molar-refractivity contribution in [3.8, 4) is 0 Å². The largest absolute Gasteiger partial charge is 0.439 e. The summed E-state index contributed by atoms with van der Waals surface area (Å²) >= 11 is 0. The maximum Gasteiger partial charge on any atom is 0.410 e. The van der Waals surface area contributed by atoms with E-state index in [1.807, 2.05) is 0 Å². The van der Waals surface area contributed by atoms with Crippen molar-refractivity contribution in [1.29, 1.82) is 0 Å². The molecule has 2 nitrogen and oxygen atoms in total. The molecule has 1 aliphatic rings. The van der Waals surface area contributed by atoms with Gasteiger partial charge >= 0.3 is 6.04 Å². The van der Waals surface area contributed by atoms with Gasteiger partial charge < -0.3 is 4.74 Å². The van der Waals surface area contributed by atoms with Crippen LogP contribution < -0.4 is 0 Å². The maximum atomic E-state index is 12.0. The summed E-state index contributed by atoms with van der Waals surface area (Å²) in [5.41, 5.74) is 0. The molecule has 1 rings (SSSR count). The molecule has 0 saturated heterocycles. The monoisotopic (exact) mass is 115 g/mol. The maximum absolute atomic E-state index is 12.0. The number of halogens is 1. The third kappa shape index (κ3) is 1.07. The Hall–Kier alpha value is -0.830. The fourth-order valence-electron chi connectivity index (χ4n) is 0.387. The molecule has 1 aliphatic heterocycles. The minimum atomic E-state index is -2.84. The van der Waals surface area contributed by atoms with Gasteiger partial charge in [0.05, 0.1) is 6.26 Å². The lowest BCUT2D eigenvalue weighted by atomic mass is 10.4. The highest BCUT2D eigenvalue weighted by atomic mass is 19.2. The van der Waals surface area contributed by atoms with Crippen LogP contribution in [0.15, 0.2) is 24.5 Å². The van der Waals surface area contributed by atoms with E-state index in [0.717, 1.165) is 12.3 Å². The van der Waals surface area contributed by atoms with Gasteiger partial charge in [-0.05, 0) is 6.08 Å². The van der Waals surface area contributed by atoms with Crippen LogP contribution >= 0.6 is 0 Å². The van der Waals surface area contributed by atoms with Crippen LogP contribution in [0.25, 0.3) is 0 Å². The Balaban J connectivity index is 2.65. The first-order valence-electron chi connectivity index (χ1n) is 2.12. The summed E-state index contributed by atoms with van der Waals surface area (Å²) in [6.45, 7) is 0. The Morgan fingerprint density at radius 3 is 2.50 bits per heavy atom. The van der Waals surface area contributed by atoms with Crippen molar-refractivity contribution in [3.63, 3.8) is 0 Å². The van der Waals surface area contributed by atoms with Crippen LogP contribution in [0.2, 0.25) is 0 Å². The number of hydrogen-bond donors (Lipinski definition) is 0. The highest BCUT2D eigenvalue weighted by molar-refractivity contribution is 5.07. The molecule has 1 unspecified atom stereocenters. The molecule has 8 heavy (non-hydrogen) atoms. The lowest BCUT2D eigenvalue weighted by Gasteiger charge is -2.11. The molecule has 0 bridgehead atoms. The van der Waals surface area contributed by atoms with Crippen LogP contribution in [0.4, 0.5) is 4.39 Å². The molecule has 43 valence electrons. The van der Waals surface area contributed by atoms with Crippen molar-refractivity contribution >= 4 is 0 Å². The highest BCUT2D eigenvalue weighted by Gasteiger charge is 2.25. The highest BCUT2D eigenvalue weighted by Crippen LogP contribution is 2.14. The predicted octanol–water partition coefficient (Wildman–Crippen LogP) is 1.14. The van der Waals surface area contributed by atoms with Gasteiger partial charge in [0, 0.05) is 6.08 Å². The first kappa shape index (κ1) is 5.31. The van der Waals surface area contributed by atoms with E-state index in [4.69, 9.17) is 0 Å². The van der Waals surface area contributed by atoms with E-state index in [0.29, 0.717) is 0 Å². The van der Waals surface area contributed by atoms with Crippen LogP contribution in [-0.4, -0.2) is 6.04 Å². The number of allylic oxidation sites excluding steroid dienone is 2. The Morgan fingerprint density at radius 2 is 2.25 bits per heavy atom. The average Bonchev–Trinajstić information content (AvgIpc) is 1.65. The van der Waals surface area contributed by atoms with Crippen molar-refractivity contribution < 1.29 is 14.2 Å². The fourth-order valence-corrected chi connectivity index (χ4v) is 0.387. The molecule has 0 amide bonds. The zero-order valence-corrected chi connectivity index (χ0v) is 4.00. The second-order valence-corrected chi connectivity index (χ2v) is 1.39. The van der Waals surface area contributed by atoms with E-state index in [-0.39, 0.29) is 0 Å². The SMILES string of the molecule is [O]C1(F)C=CC=CO1. The first-order valence-corrected chi connectivity index (χ1v) is 2.12. The number of rotatable bonds is 0. The van der Waals surface area contributed by atoms with Gasteiger partial charge in [-0.15, -0.1) is 5.11 Å². The van der Waals surface area contributed by atoms with Crippen LogP contribution in [0, 0.1) is 0 Å². The molecule has 3 heteroatoms. The number of ether oxygens (including phenoxy) is 1. The van der Waals surface area contributed by atoms with E-state index in [9.17, 15) is 9.50 Å². The first-order chi connectivity index (χ1) is 3.71. The average molecular weight is 115 g/mol. The Kier molecular flexibility index (Phi) is 1.06. The van der Waals surface area contributed by atoms with Gasteiger partial charge in [-0.2, -0.15) is 4.39 Å². The lowest BCUT2D eigenvalue weighted by Crippen LogP contribution is -2.19. The van der Waals surface area contributed by atoms with Crippen LogP contribution in [0.1, 0.15) is 0 Å². The van der Waals surface area contributed by atoms with Crippen molar-refractivity contribution in [2.75, 3.05) is 0 Å². The smallest absolute Gasteiger partial charge is 0.410 e. The zero-order chi connectivity index (χ0) is 6.04. The molecular formula is C5H4FO2. The molecular weight excluding hydrogens is 111 g/mol. The van der Waals surface area contributed by atoms with Gasteiger partial charge in [-0.1, -0.05) is 6.08 Å². The van der Waals surface area contributed by atoms with E-state index >= 15 is 0 Å². The third-order valence-electron chi connectivity index (χ3n) is 0.714. The van der Waals surface area contributed by atoms with E-state index in [2.05, 4.69) is 4.74 Å². The predicted molar refractivity (Wildman–Crippen MR) is 23.9 cm³/mol. The minimum absolute atomic E-state index is 0.799. The van der Waals surface area contributed by atoms with Gasteiger partial charge in [0.25, 0.3) is 0 Å². The summed E-state index contributed by atoms with van der Waals surface area (Å²) < 4.78 is 15.9. The quantitative estimate of drug-likeness (QED) is 0.465. The molecule has 0 spiro atoms. The molecule has 0 N–H and O–H groups in total. The molecule has 0 aromatic heterocycles. The summed E-state index contributed by atoms with van der Waals surface area (Å²) in [7, 11) is 0. The van der Waals surface area contributed by atoms with E-state index in [1.54, 1.807) is 0 Å². The van der Waals surface area contributed by atoms with Crippen LogP contribution in [-0.2, 0) is 9.84 Å². The molecule has 1 atom stereocenters. The normalized spacial score (nSPS) is 34.8. The molecule has 0 saturated carbocycles. The van der Waals surface area contributed by atoms with Gasteiger partial charge in [-0.25, -0.2) is 0 Å². The second-order valence-electron chi connectivity index (χ2n) is 1.39. The Labute approximate surface area is 45.9 Å². The molecule has 0 aromatic rings. The third-order valence-corrected chi connectivity index (χ3v) is 0.714. The van der Waals surface area contributed by atoms with Crippen LogP contribution in [0.5, 0.6) is 0 Å². The Bertz CT molecular complexity index is 137. The van der Waals surface area contributed by atoms with Crippen molar-refractivity contribution in [1.82, 2.24) is 0 Å². The van der Waals surface area contributed by atoms with Crippen LogP contribution in [0.3, 0.4) is 0 Å². The summed E-state index contributed by atoms with van der Waals surface area (Å²) in [5, 5.41) is 10.1. The van der Waals surface area contributed by atoms with Gasteiger partial charge in [0.1, 0.15) is 0 Å². The molecule has 0 aromatic carbocycles. The lowest BCUT2D eigenvalue weighted by molar-refractivity contribution is -0.262. The summed E-state index contributed by atoms with van der Waals surface area (Å²) in [6.07, 6.45) is 4.56. The van der Waals surface area contributed by atoms with Gasteiger partial charge in [0.15, 0.2) is 0 Å².